The number of hydrogen-bond acceptors (Lipinski definition) is 3. The van der Waals surface area contributed by atoms with Crippen molar-refractivity contribution in [2.24, 2.45) is 0 Å². The molecular formula is C17H15BrO2S. The lowest BCUT2D eigenvalue weighted by atomic mass is 10.1. The molecule has 1 N–H and O–H groups in total. The minimum Gasteiger partial charge on any atom is -0.495 e. The van der Waals surface area contributed by atoms with Crippen LogP contribution in [0.5, 0.6) is 5.75 Å². The van der Waals surface area contributed by atoms with Gasteiger partial charge in [-0.3, -0.25) is 0 Å². The van der Waals surface area contributed by atoms with Gasteiger partial charge in [-0.25, -0.2) is 0 Å². The van der Waals surface area contributed by atoms with Gasteiger partial charge in [0.1, 0.15) is 12.4 Å². The van der Waals surface area contributed by atoms with Crippen LogP contribution in [0.2, 0.25) is 0 Å². The first-order chi connectivity index (χ1) is 10.2. The zero-order valence-corrected chi connectivity index (χ0v) is 14.0. The van der Waals surface area contributed by atoms with Crippen LogP contribution in [-0.2, 0) is 5.75 Å². The zero-order chi connectivity index (χ0) is 15.1. The van der Waals surface area contributed by atoms with Crippen molar-refractivity contribution in [1.29, 1.82) is 0 Å². The summed E-state index contributed by atoms with van der Waals surface area (Å²) in [6.07, 6.45) is 0. The van der Waals surface area contributed by atoms with Crippen molar-refractivity contribution in [3.8, 4) is 17.6 Å². The van der Waals surface area contributed by atoms with Crippen molar-refractivity contribution in [3.05, 3.63) is 58.1 Å². The Morgan fingerprint density at radius 1 is 1.24 bits per heavy atom. The highest BCUT2D eigenvalue weighted by molar-refractivity contribution is 9.10. The summed E-state index contributed by atoms with van der Waals surface area (Å²) in [6.45, 7) is -0.153. The van der Waals surface area contributed by atoms with Crippen LogP contribution >= 0.6 is 27.7 Å². The van der Waals surface area contributed by atoms with E-state index in [0.717, 1.165) is 21.5 Å². The second-order valence-corrected chi connectivity index (χ2v) is 6.21. The highest BCUT2D eigenvalue weighted by Gasteiger charge is 2.03. The Morgan fingerprint density at radius 3 is 2.81 bits per heavy atom. The fraction of sp³-hybridized carbons (Fsp3) is 0.176. The molecule has 0 bridgehead atoms. The molecule has 2 nitrogen and oxygen atoms in total. The van der Waals surface area contributed by atoms with Crippen LogP contribution in [0.3, 0.4) is 0 Å². The van der Waals surface area contributed by atoms with Crippen molar-refractivity contribution in [2.75, 3.05) is 13.7 Å². The Balaban J connectivity index is 2.13. The third kappa shape index (κ3) is 4.82. The molecule has 0 aliphatic rings. The van der Waals surface area contributed by atoms with Crippen LogP contribution in [0.15, 0.2) is 51.8 Å². The van der Waals surface area contributed by atoms with E-state index in [0.29, 0.717) is 0 Å². The van der Waals surface area contributed by atoms with Crippen LogP contribution in [0.25, 0.3) is 0 Å². The lowest BCUT2D eigenvalue weighted by Gasteiger charge is -2.07. The maximum atomic E-state index is 8.82. The third-order valence-corrected chi connectivity index (χ3v) is 4.33. The first-order valence-corrected chi connectivity index (χ1v) is 8.16. The standard InChI is InChI=1S/C17H15BrO2S/c1-20-17-8-7-13(10-14(17)4-3-9-19)12-21-16-6-2-5-15(18)11-16/h2,5-8,10-11,19H,9,12H2,1H3. The molecule has 0 unspecified atom stereocenters. The summed E-state index contributed by atoms with van der Waals surface area (Å²) in [5, 5.41) is 8.82. The predicted molar refractivity (Wildman–Crippen MR) is 90.7 cm³/mol. The van der Waals surface area contributed by atoms with Gasteiger partial charge < -0.3 is 9.84 Å². The molecular weight excluding hydrogens is 348 g/mol. The smallest absolute Gasteiger partial charge is 0.134 e. The normalized spacial score (nSPS) is 9.86. The molecule has 0 amide bonds. The molecule has 0 fully saturated rings. The summed E-state index contributed by atoms with van der Waals surface area (Å²) in [7, 11) is 1.62. The van der Waals surface area contributed by atoms with Crippen LogP contribution in [0.1, 0.15) is 11.1 Å². The summed E-state index contributed by atoms with van der Waals surface area (Å²) < 4.78 is 6.36. The van der Waals surface area contributed by atoms with E-state index in [9.17, 15) is 0 Å². The van der Waals surface area contributed by atoms with Gasteiger partial charge in [0.2, 0.25) is 0 Å². The van der Waals surface area contributed by atoms with Gasteiger partial charge in [0.05, 0.1) is 12.7 Å². The molecule has 0 saturated carbocycles. The Hall–Kier alpha value is -1.41. The topological polar surface area (TPSA) is 29.5 Å². The Kier molecular flexibility index (Phi) is 6.19. The van der Waals surface area contributed by atoms with Crippen LogP contribution in [-0.4, -0.2) is 18.8 Å². The number of ether oxygens (including phenoxy) is 1. The molecule has 0 radical (unpaired) electrons. The van der Waals surface area contributed by atoms with Gasteiger partial charge in [0.25, 0.3) is 0 Å². The van der Waals surface area contributed by atoms with E-state index in [4.69, 9.17) is 9.84 Å². The Bertz CT molecular complexity index is 674. The van der Waals surface area contributed by atoms with E-state index in [1.54, 1.807) is 18.9 Å². The molecule has 0 atom stereocenters. The number of halogens is 1. The van der Waals surface area contributed by atoms with Crippen molar-refractivity contribution in [1.82, 2.24) is 0 Å². The molecule has 108 valence electrons. The van der Waals surface area contributed by atoms with E-state index >= 15 is 0 Å². The maximum Gasteiger partial charge on any atom is 0.134 e. The number of benzene rings is 2. The molecule has 0 heterocycles. The molecule has 21 heavy (non-hydrogen) atoms. The van der Waals surface area contributed by atoms with Crippen molar-refractivity contribution in [2.45, 2.75) is 10.6 Å². The van der Waals surface area contributed by atoms with Gasteiger partial charge in [-0.05, 0) is 35.9 Å². The molecule has 0 spiro atoms. The quantitative estimate of drug-likeness (QED) is 0.655. The lowest BCUT2D eigenvalue weighted by molar-refractivity contribution is 0.350. The minimum absolute atomic E-state index is 0.153. The number of thioether (sulfide) groups is 1. The second kappa shape index (κ2) is 8.14. The largest absolute Gasteiger partial charge is 0.495 e. The summed E-state index contributed by atoms with van der Waals surface area (Å²) in [6, 6.07) is 14.2. The maximum absolute atomic E-state index is 8.82. The fourth-order valence-electron chi connectivity index (χ4n) is 1.80. The summed E-state index contributed by atoms with van der Waals surface area (Å²) in [5.74, 6) is 7.16. The van der Waals surface area contributed by atoms with Crippen LogP contribution in [0.4, 0.5) is 0 Å². The van der Waals surface area contributed by atoms with Crippen LogP contribution < -0.4 is 4.74 Å². The highest BCUT2D eigenvalue weighted by Crippen LogP contribution is 2.27. The average molecular weight is 363 g/mol. The molecule has 4 heteroatoms. The van der Waals surface area contributed by atoms with Crippen molar-refractivity contribution >= 4 is 27.7 Å². The van der Waals surface area contributed by atoms with Gasteiger partial charge >= 0.3 is 0 Å². The number of methoxy groups -OCH3 is 1. The number of aliphatic hydroxyl groups excluding tert-OH is 1. The first kappa shape index (κ1) is 16.0. The molecule has 0 saturated heterocycles. The lowest BCUT2D eigenvalue weighted by Crippen LogP contribution is -1.91. The molecule has 2 aromatic carbocycles. The van der Waals surface area contributed by atoms with Gasteiger partial charge in [-0.2, -0.15) is 0 Å². The minimum atomic E-state index is -0.153. The van der Waals surface area contributed by atoms with E-state index in [1.165, 1.54) is 10.5 Å². The third-order valence-electron chi connectivity index (χ3n) is 2.77. The van der Waals surface area contributed by atoms with Gasteiger partial charge in [-0.15, -0.1) is 11.8 Å². The van der Waals surface area contributed by atoms with E-state index in [1.807, 2.05) is 30.3 Å². The molecule has 0 aromatic heterocycles. The number of hydrogen-bond donors (Lipinski definition) is 1. The van der Waals surface area contributed by atoms with Gasteiger partial charge in [0.15, 0.2) is 0 Å². The fourth-order valence-corrected chi connectivity index (χ4v) is 3.25. The second-order valence-electron chi connectivity index (χ2n) is 4.24. The number of rotatable bonds is 4. The predicted octanol–water partition coefficient (Wildman–Crippen LogP) is 4.09. The molecule has 0 aliphatic carbocycles. The molecule has 2 aromatic rings. The van der Waals surface area contributed by atoms with E-state index < -0.39 is 0 Å². The van der Waals surface area contributed by atoms with E-state index in [-0.39, 0.29) is 6.61 Å². The van der Waals surface area contributed by atoms with Gasteiger partial charge in [-0.1, -0.05) is 39.9 Å². The zero-order valence-electron chi connectivity index (χ0n) is 11.6. The summed E-state index contributed by atoms with van der Waals surface area (Å²) in [4.78, 5) is 1.21. The molecule has 0 aliphatic heterocycles. The Labute approximate surface area is 137 Å². The highest BCUT2D eigenvalue weighted by atomic mass is 79.9. The van der Waals surface area contributed by atoms with Crippen LogP contribution in [0, 0.1) is 11.8 Å². The monoisotopic (exact) mass is 362 g/mol. The SMILES string of the molecule is COc1ccc(CSc2cccc(Br)c2)cc1C#CCO. The van der Waals surface area contributed by atoms with E-state index in [2.05, 4.69) is 39.9 Å². The van der Waals surface area contributed by atoms with Crippen molar-refractivity contribution in [3.63, 3.8) is 0 Å². The summed E-state index contributed by atoms with van der Waals surface area (Å²) >= 11 is 5.24. The summed E-state index contributed by atoms with van der Waals surface area (Å²) in [5.41, 5.74) is 1.97. The first-order valence-electron chi connectivity index (χ1n) is 6.38. The van der Waals surface area contributed by atoms with Gasteiger partial charge in [0, 0.05) is 15.1 Å². The Morgan fingerprint density at radius 2 is 2.10 bits per heavy atom. The number of aliphatic hydroxyl groups is 1. The average Bonchev–Trinajstić information content (AvgIpc) is 2.51. The van der Waals surface area contributed by atoms with Crippen molar-refractivity contribution < 1.29 is 9.84 Å². The molecule has 2 rings (SSSR count).